The van der Waals surface area contributed by atoms with Crippen molar-refractivity contribution in [3.8, 4) is 0 Å². The number of carbonyl (C=O) groups excluding carboxylic acids is 5. The first-order valence-electron chi connectivity index (χ1n) is 18.7. The van der Waals surface area contributed by atoms with Crippen molar-refractivity contribution in [2.75, 3.05) is 41.5 Å². The summed E-state index contributed by atoms with van der Waals surface area (Å²) in [5.74, 6) is -2.54. The zero-order valence-electron chi connectivity index (χ0n) is 33.5. The van der Waals surface area contributed by atoms with Crippen LogP contribution in [-0.4, -0.2) is 117 Å². The van der Waals surface area contributed by atoms with Gasteiger partial charge in [0.1, 0.15) is 6.04 Å². The number of hydrogen-bond donors (Lipinski definition) is 3. The number of nitrogens with two attached hydrogens (primary N) is 1. The smallest absolute Gasteiger partial charge is 0.328 e. The Morgan fingerprint density at radius 3 is 2.10 bits per heavy atom. The van der Waals surface area contributed by atoms with E-state index in [1.807, 2.05) is 44.2 Å². The molecule has 0 radical (unpaired) electrons. The molecule has 1 saturated heterocycles. The number of amides is 4. The normalized spacial score (nSPS) is 17.2. The van der Waals surface area contributed by atoms with E-state index in [0.29, 0.717) is 13.0 Å². The molecule has 0 aliphatic carbocycles. The molecule has 1 aliphatic heterocycles. The van der Waals surface area contributed by atoms with Gasteiger partial charge in [-0.15, -0.1) is 0 Å². The van der Waals surface area contributed by atoms with E-state index in [1.54, 1.807) is 37.6 Å². The Hall–Kier alpha value is -3.55. The minimum atomic E-state index is -1.13. The molecule has 1 heterocycles. The molecule has 1 fully saturated rings. The van der Waals surface area contributed by atoms with E-state index < -0.39 is 47.6 Å². The fourth-order valence-electron chi connectivity index (χ4n) is 6.72. The monoisotopic (exact) mass is 733 g/mol. The third-order valence-corrected chi connectivity index (χ3v) is 9.68. The molecule has 6 unspecified atom stereocenters. The summed E-state index contributed by atoms with van der Waals surface area (Å²) in [6.07, 6.45) is 3.11. The predicted molar refractivity (Wildman–Crippen MR) is 202 cm³/mol. The zero-order valence-corrected chi connectivity index (χ0v) is 33.5. The summed E-state index contributed by atoms with van der Waals surface area (Å²) >= 11 is 0. The number of nitrogens with one attached hydrogen (secondary N) is 2. The number of hydrogen-bond acceptors (Lipinski definition) is 9. The van der Waals surface area contributed by atoms with E-state index in [-0.39, 0.29) is 49.1 Å². The lowest BCUT2D eigenvalue weighted by Gasteiger charge is -2.40. The van der Waals surface area contributed by atoms with Crippen molar-refractivity contribution in [2.45, 2.75) is 129 Å². The van der Waals surface area contributed by atoms with Crippen LogP contribution in [0.4, 0.5) is 0 Å². The average Bonchev–Trinajstić information content (AvgIpc) is 3.61. The van der Waals surface area contributed by atoms with Gasteiger partial charge in [-0.3, -0.25) is 19.2 Å². The van der Waals surface area contributed by atoms with Gasteiger partial charge in [0, 0.05) is 34.2 Å². The fraction of sp³-hybridized carbons (Fsp3) is 0.718. The SMILES string of the molecule is CCC.CCC(CC)C(C(CC(=O)N1CCCC1C(OC)C(C)C(=O)NC(Cc1ccccc1)C(=O)OC)OC)N(C)C(=O)CNC(=O)C(C)(C)N. The van der Waals surface area contributed by atoms with E-state index in [4.69, 9.17) is 19.9 Å². The molecule has 4 N–H and O–H groups in total. The summed E-state index contributed by atoms with van der Waals surface area (Å²) in [4.78, 5) is 69.1. The van der Waals surface area contributed by atoms with Crippen LogP contribution in [0.1, 0.15) is 92.6 Å². The van der Waals surface area contributed by atoms with Crippen LogP contribution in [0, 0.1) is 11.8 Å². The van der Waals surface area contributed by atoms with Gasteiger partial charge in [-0.1, -0.05) is 84.2 Å². The minimum Gasteiger partial charge on any atom is -0.467 e. The maximum atomic E-state index is 14.0. The Morgan fingerprint density at radius 1 is 1.00 bits per heavy atom. The Bertz CT molecular complexity index is 1250. The maximum Gasteiger partial charge on any atom is 0.328 e. The molecule has 2 rings (SSSR count). The zero-order chi connectivity index (χ0) is 39.6. The highest BCUT2D eigenvalue weighted by Crippen LogP contribution is 2.30. The lowest BCUT2D eigenvalue weighted by atomic mass is 9.87. The molecule has 1 aromatic carbocycles. The number of rotatable bonds is 19. The van der Waals surface area contributed by atoms with Crippen LogP contribution in [0.25, 0.3) is 0 Å². The summed E-state index contributed by atoms with van der Waals surface area (Å²) in [5, 5.41) is 5.45. The number of esters is 1. The molecule has 13 heteroatoms. The number of likely N-dealkylation sites (N-methyl/N-ethyl adjacent to an activating group) is 1. The standard InChI is InChI=1S/C36H59N5O8.C3H8/c1-10-25(11-2)31(40(6)30(43)22-38-35(46)36(4,5)37)28(47-7)21-29(42)41-19-15-18-27(41)32(48-8)23(3)33(44)39-26(34(45)49-9)20-24-16-13-12-14-17-24;1-3-2/h12-14,16-17,23,25-28,31-32H,10-11,15,18-22,37H2,1-9H3,(H,38,46)(H,39,44);3H2,1-2H3. The van der Waals surface area contributed by atoms with Gasteiger partial charge in [0.05, 0.1) is 55.8 Å². The number of carbonyl (C=O) groups is 5. The van der Waals surface area contributed by atoms with Gasteiger partial charge in [0.25, 0.3) is 0 Å². The Morgan fingerprint density at radius 2 is 1.60 bits per heavy atom. The highest BCUT2D eigenvalue weighted by molar-refractivity contribution is 5.89. The Balaban J connectivity index is 0.00000434. The molecule has 0 saturated carbocycles. The number of ether oxygens (including phenoxy) is 3. The van der Waals surface area contributed by atoms with Gasteiger partial charge < -0.3 is 40.4 Å². The van der Waals surface area contributed by atoms with E-state index in [0.717, 1.165) is 24.8 Å². The molecule has 0 spiro atoms. The van der Waals surface area contributed by atoms with Gasteiger partial charge >= 0.3 is 5.97 Å². The first kappa shape index (κ1) is 46.5. The highest BCUT2D eigenvalue weighted by atomic mass is 16.5. The van der Waals surface area contributed by atoms with Crippen LogP contribution in [0.2, 0.25) is 0 Å². The van der Waals surface area contributed by atoms with Gasteiger partial charge in [-0.05, 0) is 38.2 Å². The minimum absolute atomic E-state index is 0.00643. The molecule has 6 atom stereocenters. The molecule has 296 valence electrons. The number of benzene rings is 1. The van der Waals surface area contributed by atoms with E-state index in [9.17, 15) is 24.0 Å². The van der Waals surface area contributed by atoms with Crippen LogP contribution in [-0.2, 0) is 44.6 Å². The molecule has 13 nitrogen and oxygen atoms in total. The van der Waals surface area contributed by atoms with Crippen molar-refractivity contribution in [1.82, 2.24) is 20.4 Å². The fourth-order valence-corrected chi connectivity index (χ4v) is 6.72. The quantitative estimate of drug-likeness (QED) is 0.180. The Kier molecular flexibility index (Phi) is 20.7. The van der Waals surface area contributed by atoms with Crippen molar-refractivity contribution in [1.29, 1.82) is 0 Å². The van der Waals surface area contributed by atoms with Gasteiger partial charge in [-0.25, -0.2) is 4.79 Å². The first-order valence-corrected chi connectivity index (χ1v) is 18.7. The van der Waals surface area contributed by atoms with Crippen molar-refractivity contribution in [3.63, 3.8) is 0 Å². The van der Waals surface area contributed by atoms with Crippen molar-refractivity contribution in [2.24, 2.45) is 17.6 Å². The van der Waals surface area contributed by atoms with E-state index in [2.05, 4.69) is 24.5 Å². The summed E-state index contributed by atoms with van der Waals surface area (Å²) < 4.78 is 16.8. The van der Waals surface area contributed by atoms with Crippen LogP contribution >= 0.6 is 0 Å². The van der Waals surface area contributed by atoms with Crippen LogP contribution in [0.15, 0.2) is 30.3 Å². The summed E-state index contributed by atoms with van der Waals surface area (Å²) in [7, 11) is 6.00. The van der Waals surface area contributed by atoms with Gasteiger partial charge in [0.2, 0.25) is 23.6 Å². The van der Waals surface area contributed by atoms with Crippen molar-refractivity contribution >= 4 is 29.6 Å². The van der Waals surface area contributed by atoms with Crippen molar-refractivity contribution in [3.05, 3.63) is 35.9 Å². The predicted octanol–water partition coefficient (Wildman–Crippen LogP) is 3.47. The van der Waals surface area contributed by atoms with Crippen LogP contribution in [0.3, 0.4) is 0 Å². The van der Waals surface area contributed by atoms with Crippen LogP contribution < -0.4 is 16.4 Å². The number of nitrogens with zero attached hydrogens (tertiary/aromatic N) is 2. The maximum absolute atomic E-state index is 14.0. The molecule has 0 bridgehead atoms. The molecule has 1 aliphatic rings. The molecular weight excluding hydrogens is 666 g/mol. The van der Waals surface area contributed by atoms with Gasteiger partial charge in [-0.2, -0.15) is 0 Å². The summed E-state index contributed by atoms with van der Waals surface area (Å²) in [6, 6.07) is 7.63. The van der Waals surface area contributed by atoms with Crippen molar-refractivity contribution < 1.29 is 38.2 Å². The molecular formula is C39H67N5O8. The van der Waals surface area contributed by atoms with E-state index in [1.165, 1.54) is 27.8 Å². The second-order valence-corrected chi connectivity index (χ2v) is 14.2. The summed E-state index contributed by atoms with van der Waals surface area (Å²) in [6.45, 7) is 13.4. The molecule has 52 heavy (non-hydrogen) atoms. The van der Waals surface area contributed by atoms with E-state index >= 15 is 0 Å². The summed E-state index contributed by atoms with van der Waals surface area (Å²) in [5.41, 5.74) is 5.61. The second-order valence-electron chi connectivity index (χ2n) is 14.2. The largest absolute Gasteiger partial charge is 0.467 e. The number of methoxy groups -OCH3 is 3. The Labute approximate surface area is 312 Å². The second kappa shape index (κ2) is 23.2. The third-order valence-electron chi connectivity index (χ3n) is 9.68. The lowest BCUT2D eigenvalue weighted by Crippen LogP contribution is -2.56. The molecule has 4 amide bonds. The van der Waals surface area contributed by atoms with Gasteiger partial charge in [0.15, 0.2) is 0 Å². The van der Waals surface area contributed by atoms with Crippen LogP contribution in [0.5, 0.6) is 0 Å². The third kappa shape index (κ3) is 13.8. The number of likely N-dealkylation sites (tertiary alicyclic amines) is 1. The highest BCUT2D eigenvalue weighted by Gasteiger charge is 2.42. The lowest BCUT2D eigenvalue weighted by molar-refractivity contribution is -0.148. The topological polar surface area (TPSA) is 170 Å². The first-order chi connectivity index (χ1) is 24.6. The molecule has 1 aromatic rings. The molecule has 0 aromatic heterocycles. The average molecular weight is 734 g/mol.